The number of nitrogens with zero attached hydrogens (tertiary/aromatic N) is 1. The summed E-state index contributed by atoms with van der Waals surface area (Å²) in [4.78, 5) is 39.8. The number of carbonyl (C=O) groups is 3. The monoisotopic (exact) mass is 608 g/mol. The maximum Gasteiger partial charge on any atom is 0.305 e. The predicted molar refractivity (Wildman–Crippen MR) is 174 cm³/mol. The molecule has 2 N–H and O–H groups in total. The normalized spacial score (nSPS) is 13.7. The highest BCUT2D eigenvalue weighted by molar-refractivity contribution is 6.30. The van der Waals surface area contributed by atoms with Crippen molar-refractivity contribution in [3.05, 3.63) is 129 Å². The van der Waals surface area contributed by atoms with E-state index in [1.807, 2.05) is 41.3 Å². The number of carbonyl (C=O) groups excluding carboxylic acids is 2. The van der Waals surface area contributed by atoms with E-state index in [-0.39, 0.29) is 30.7 Å². The van der Waals surface area contributed by atoms with Crippen molar-refractivity contribution >= 4 is 29.4 Å². The molecule has 0 saturated heterocycles. The highest BCUT2D eigenvalue weighted by Gasteiger charge is 2.36. The Morgan fingerprint density at radius 2 is 1.55 bits per heavy atom. The van der Waals surface area contributed by atoms with E-state index in [2.05, 4.69) is 61.6 Å². The van der Waals surface area contributed by atoms with Gasteiger partial charge in [-0.15, -0.1) is 0 Å². The largest absolute Gasteiger partial charge is 0.481 e. The summed E-state index contributed by atoms with van der Waals surface area (Å²) in [6, 6.07) is 29.8. The fraction of sp³-hybridized carbons (Fsp3) is 0.270. The van der Waals surface area contributed by atoms with Crippen molar-refractivity contribution in [3.63, 3.8) is 0 Å². The molecule has 2 atom stereocenters. The first-order chi connectivity index (χ1) is 21.2. The Bertz CT molecular complexity index is 1650. The number of nitrogens with one attached hydrogen (secondary N) is 1. The van der Waals surface area contributed by atoms with Gasteiger partial charge in [0.2, 0.25) is 5.91 Å². The van der Waals surface area contributed by atoms with Gasteiger partial charge in [0, 0.05) is 30.2 Å². The van der Waals surface area contributed by atoms with Crippen LogP contribution in [0, 0.1) is 6.92 Å². The van der Waals surface area contributed by atoms with Gasteiger partial charge in [0.15, 0.2) is 0 Å². The lowest BCUT2D eigenvalue weighted by molar-refractivity contribution is -0.137. The molecule has 1 heterocycles. The zero-order valence-corrected chi connectivity index (χ0v) is 25.8. The third kappa shape index (κ3) is 7.20. The third-order valence-electron chi connectivity index (χ3n) is 8.31. The van der Waals surface area contributed by atoms with Crippen molar-refractivity contribution < 1.29 is 19.5 Å². The quantitative estimate of drug-likeness (QED) is 0.182. The second-order valence-corrected chi connectivity index (χ2v) is 11.9. The molecule has 2 amide bonds. The molecule has 0 fully saturated rings. The van der Waals surface area contributed by atoms with Crippen LogP contribution in [-0.4, -0.2) is 34.3 Å². The smallest absolute Gasteiger partial charge is 0.305 e. The van der Waals surface area contributed by atoms with Gasteiger partial charge in [0.05, 0.1) is 12.3 Å². The van der Waals surface area contributed by atoms with Gasteiger partial charge in [-0.05, 0) is 83.0 Å². The maximum atomic E-state index is 14.5. The van der Waals surface area contributed by atoms with Crippen LogP contribution in [0.2, 0.25) is 5.02 Å². The molecule has 1 aliphatic heterocycles. The molecule has 0 saturated carbocycles. The summed E-state index contributed by atoms with van der Waals surface area (Å²) < 4.78 is 0. The van der Waals surface area contributed by atoms with Crippen LogP contribution in [0.15, 0.2) is 91.0 Å². The zero-order chi connectivity index (χ0) is 31.2. The van der Waals surface area contributed by atoms with Gasteiger partial charge in [-0.3, -0.25) is 14.4 Å². The molecular weight excluding hydrogens is 572 g/mol. The number of benzene rings is 4. The van der Waals surface area contributed by atoms with Gasteiger partial charge in [-0.25, -0.2) is 0 Å². The van der Waals surface area contributed by atoms with Gasteiger partial charge in [-0.1, -0.05) is 91.2 Å². The van der Waals surface area contributed by atoms with Crippen molar-refractivity contribution in [1.82, 2.24) is 10.2 Å². The highest BCUT2D eigenvalue weighted by Crippen LogP contribution is 2.40. The fourth-order valence-electron chi connectivity index (χ4n) is 6.07. The Balaban J connectivity index is 1.42. The summed E-state index contributed by atoms with van der Waals surface area (Å²) in [5, 5.41) is 12.1. The van der Waals surface area contributed by atoms with E-state index in [1.54, 1.807) is 12.1 Å². The standard InChI is InChI=1S/C37H37ClN2O4/c1-3-5-33(25-8-10-27(11-9-25)36(43)39-19-18-34(41)42)35(26-14-16-32(38)17-15-26)37(44)40-22-30-13-12-29(21-31(30)23-40)28-7-4-6-24(2)20-28/h4,6-17,20-21,33,35H,3,5,18-19,22-23H2,1-2H3,(H,39,43)(H,41,42). The van der Waals surface area contributed by atoms with E-state index in [0.717, 1.165) is 40.7 Å². The number of carboxylic acids is 1. The van der Waals surface area contributed by atoms with Gasteiger partial charge < -0.3 is 15.3 Å². The first-order valence-electron chi connectivity index (χ1n) is 15.1. The number of halogens is 1. The number of carboxylic acid groups (broad SMARTS) is 1. The number of rotatable bonds is 11. The van der Waals surface area contributed by atoms with Gasteiger partial charge >= 0.3 is 5.97 Å². The van der Waals surface area contributed by atoms with Gasteiger partial charge in [-0.2, -0.15) is 0 Å². The molecule has 5 rings (SSSR count). The number of hydrogen-bond donors (Lipinski definition) is 2. The van der Waals surface area contributed by atoms with E-state index in [4.69, 9.17) is 16.7 Å². The van der Waals surface area contributed by atoms with Crippen LogP contribution >= 0.6 is 11.6 Å². The fourth-order valence-corrected chi connectivity index (χ4v) is 6.20. The molecule has 1 aliphatic rings. The Morgan fingerprint density at radius 1 is 0.864 bits per heavy atom. The maximum absolute atomic E-state index is 14.5. The molecule has 2 unspecified atom stereocenters. The Labute approximate surface area is 263 Å². The Hall–Kier alpha value is -4.42. The Kier molecular flexibility index (Phi) is 9.81. The van der Waals surface area contributed by atoms with Crippen LogP contribution < -0.4 is 5.32 Å². The predicted octanol–water partition coefficient (Wildman–Crippen LogP) is 7.73. The molecule has 0 bridgehead atoms. The zero-order valence-electron chi connectivity index (χ0n) is 25.1. The van der Waals surface area contributed by atoms with Crippen LogP contribution in [0.4, 0.5) is 0 Å². The first-order valence-corrected chi connectivity index (χ1v) is 15.4. The summed E-state index contributed by atoms with van der Waals surface area (Å²) in [5.74, 6) is -1.78. The van der Waals surface area contributed by atoms with E-state index >= 15 is 0 Å². The second-order valence-electron chi connectivity index (χ2n) is 11.5. The summed E-state index contributed by atoms with van der Waals surface area (Å²) in [6.45, 7) is 5.37. The van der Waals surface area contributed by atoms with Gasteiger partial charge in [0.1, 0.15) is 0 Å². The molecular formula is C37H37ClN2O4. The number of fused-ring (bicyclic) bond motifs is 1. The van der Waals surface area contributed by atoms with Crippen LogP contribution in [-0.2, 0) is 22.7 Å². The molecule has 0 spiro atoms. The molecule has 0 aliphatic carbocycles. The molecule has 4 aromatic carbocycles. The molecule has 44 heavy (non-hydrogen) atoms. The van der Waals surface area contributed by atoms with Crippen molar-refractivity contribution in [2.45, 2.75) is 58.0 Å². The van der Waals surface area contributed by atoms with Crippen LogP contribution in [0.3, 0.4) is 0 Å². The van der Waals surface area contributed by atoms with E-state index in [1.165, 1.54) is 11.1 Å². The number of hydrogen-bond acceptors (Lipinski definition) is 3. The van der Waals surface area contributed by atoms with Crippen LogP contribution in [0.5, 0.6) is 0 Å². The van der Waals surface area contributed by atoms with Crippen LogP contribution in [0.1, 0.15) is 76.2 Å². The summed E-state index contributed by atoms with van der Waals surface area (Å²) >= 11 is 6.25. The topological polar surface area (TPSA) is 86.7 Å². The average Bonchev–Trinajstić information content (AvgIpc) is 3.45. The van der Waals surface area contributed by atoms with E-state index in [0.29, 0.717) is 23.7 Å². The second kappa shape index (κ2) is 13.9. The van der Waals surface area contributed by atoms with Crippen LogP contribution in [0.25, 0.3) is 11.1 Å². The minimum absolute atomic E-state index is 0.0617. The number of aliphatic carboxylic acids is 1. The van der Waals surface area contributed by atoms with E-state index < -0.39 is 11.9 Å². The lowest BCUT2D eigenvalue weighted by Gasteiger charge is -2.31. The summed E-state index contributed by atoms with van der Waals surface area (Å²) in [6.07, 6.45) is 1.52. The average molecular weight is 609 g/mol. The number of amides is 2. The summed E-state index contributed by atoms with van der Waals surface area (Å²) in [7, 11) is 0. The molecule has 7 heteroatoms. The van der Waals surface area contributed by atoms with Crippen molar-refractivity contribution in [1.29, 1.82) is 0 Å². The van der Waals surface area contributed by atoms with Crippen molar-refractivity contribution in [2.24, 2.45) is 0 Å². The molecule has 0 aromatic heterocycles. The molecule has 6 nitrogen and oxygen atoms in total. The molecule has 4 aromatic rings. The third-order valence-corrected chi connectivity index (χ3v) is 8.57. The minimum Gasteiger partial charge on any atom is -0.481 e. The molecule has 0 radical (unpaired) electrons. The summed E-state index contributed by atoms with van der Waals surface area (Å²) in [5.41, 5.74) is 8.17. The van der Waals surface area contributed by atoms with Gasteiger partial charge in [0.25, 0.3) is 5.91 Å². The SMILES string of the molecule is CCCC(c1ccc(C(=O)NCCC(=O)O)cc1)C(C(=O)N1Cc2ccc(-c3cccc(C)c3)cc2C1)c1ccc(Cl)cc1. The number of aryl methyl sites for hydroxylation is 1. The molecule has 226 valence electrons. The van der Waals surface area contributed by atoms with E-state index in [9.17, 15) is 14.4 Å². The minimum atomic E-state index is -0.964. The van der Waals surface area contributed by atoms with Crippen molar-refractivity contribution in [3.8, 4) is 11.1 Å². The Morgan fingerprint density at radius 3 is 2.23 bits per heavy atom. The van der Waals surface area contributed by atoms with Crippen molar-refractivity contribution in [2.75, 3.05) is 6.54 Å². The first kappa shape index (κ1) is 31.0. The highest BCUT2D eigenvalue weighted by atomic mass is 35.5. The lowest BCUT2D eigenvalue weighted by Crippen LogP contribution is -2.34. The lowest BCUT2D eigenvalue weighted by atomic mass is 9.77.